The minimum Gasteiger partial charge on any atom is -0.354 e. The van der Waals surface area contributed by atoms with Gasteiger partial charge in [0.05, 0.1) is 11.6 Å². The van der Waals surface area contributed by atoms with Gasteiger partial charge in [0.25, 0.3) is 0 Å². The number of rotatable bonds is 4. The Morgan fingerprint density at radius 2 is 2.03 bits per heavy atom. The van der Waals surface area contributed by atoms with Gasteiger partial charge in [0.2, 0.25) is 11.8 Å². The Bertz CT molecular complexity index is 959. The molecule has 1 amide bonds. The molecule has 0 unspecified atom stereocenters. The van der Waals surface area contributed by atoms with Gasteiger partial charge in [-0.2, -0.15) is 5.10 Å². The third-order valence-electron chi connectivity index (χ3n) is 4.93. The second-order valence-electron chi connectivity index (χ2n) is 8.19. The lowest BCUT2D eigenvalue weighted by molar-refractivity contribution is -0.120. The molecule has 152 valence electrons. The van der Waals surface area contributed by atoms with Gasteiger partial charge in [-0.05, 0) is 25.0 Å². The number of nitrogens with zero attached hydrogens (tertiary/aromatic N) is 7. The van der Waals surface area contributed by atoms with Crippen LogP contribution in [-0.4, -0.2) is 49.1 Å². The zero-order chi connectivity index (χ0) is 20.4. The normalized spacial score (nSPS) is 17.3. The number of carbonyl (C=O) groups excluding carboxylic acids is 1. The monoisotopic (exact) mass is 396 g/mol. The second kappa shape index (κ2) is 7.61. The number of carbonyl (C=O) groups is 1. The van der Waals surface area contributed by atoms with E-state index in [1.807, 2.05) is 32.9 Å². The first kappa shape index (κ1) is 19.0. The summed E-state index contributed by atoms with van der Waals surface area (Å²) in [5.74, 6) is 1.48. The van der Waals surface area contributed by atoms with Crippen LogP contribution in [0.15, 0.2) is 35.4 Å². The molecule has 10 nitrogen and oxygen atoms in total. The highest BCUT2D eigenvalue weighted by Crippen LogP contribution is 2.26. The van der Waals surface area contributed by atoms with Crippen molar-refractivity contribution in [2.24, 2.45) is 5.92 Å². The third-order valence-corrected chi connectivity index (χ3v) is 4.93. The van der Waals surface area contributed by atoms with Crippen LogP contribution in [0.5, 0.6) is 0 Å². The van der Waals surface area contributed by atoms with Crippen molar-refractivity contribution in [3.63, 3.8) is 0 Å². The first-order valence-corrected chi connectivity index (χ1v) is 9.62. The molecule has 0 bridgehead atoms. The number of aromatic nitrogens is 6. The maximum absolute atomic E-state index is 12.7. The summed E-state index contributed by atoms with van der Waals surface area (Å²) in [4.78, 5) is 18.7. The van der Waals surface area contributed by atoms with Gasteiger partial charge in [-0.3, -0.25) is 10.1 Å². The largest absolute Gasteiger partial charge is 0.354 e. The highest BCUT2D eigenvalue weighted by atomic mass is 16.5. The van der Waals surface area contributed by atoms with Crippen molar-refractivity contribution in [2.45, 2.75) is 39.0 Å². The number of anilines is 2. The fraction of sp³-hybridized carbons (Fsp3) is 0.474. The van der Waals surface area contributed by atoms with E-state index in [0.717, 1.165) is 30.9 Å². The molecule has 1 atom stereocenters. The van der Waals surface area contributed by atoms with E-state index in [1.54, 1.807) is 17.1 Å². The van der Waals surface area contributed by atoms with E-state index in [1.165, 1.54) is 6.33 Å². The quantitative estimate of drug-likeness (QED) is 0.714. The van der Waals surface area contributed by atoms with Gasteiger partial charge in [-0.15, -0.1) is 10.2 Å². The SMILES string of the molecule is CC(C)(C)c1cc(NC(=O)[C@H]2CCCN(c3ccc(-n4cncn4)nn3)C2)on1. The number of piperidine rings is 1. The minimum absolute atomic E-state index is 0.0708. The van der Waals surface area contributed by atoms with Crippen LogP contribution < -0.4 is 10.2 Å². The molecule has 29 heavy (non-hydrogen) atoms. The molecule has 0 aliphatic carbocycles. The molecule has 4 heterocycles. The van der Waals surface area contributed by atoms with E-state index in [4.69, 9.17) is 4.52 Å². The van der Waals surface area contributed by atoms with Gasteiger partial charge in [0.1, 0.15) is 12.7 Å². The first-order valence-electron chi connectivity index (χ1n) is 9.62. The Kier molecular flexibility index (Phi) is 4.99. The molecule has 0 spiro atoms. The lowest BCUT2D eigenvalue weighted by Gasteiger charge is -2.32. The van der Waals surface area contributed by atoms with Crippen molar-refractivity contribution in [1.82, 2.24) is 30.1 Å². The van der Waals surface area contributed by atoms with E-state index in [9.17, 15) is 4.79 Å². The van der Waals surface area contributed by atoms with Crippen LogP contribution in [0.25, 0.3) is 5.82 Å². The van der Waals surface area contributed by atoms with E-state index in [2.05, 4.69) is 35.7 Å². The summed E-state index contributed by atoms with van der Waals surface area (Å²) in [7, 11) is 0. The fourth-order valence-corrected chi connectivity index (χ4v) is 3.25. The van der Waals surface area contributed by atoms with Crippen LogP contribution in [-0.2, 0) is 10.2 Å². The highest BCUT2D eigenvalue weighted by molar-refractivity contribution is 5.91. The van der Waals surface area contributed by atoms with Gasteiger partial charge < -0.3 is 9.42 Å². The summed E-state index contributed by atoms with van der Waals surface area (Å²) < 4.78 is 6.83. The fourth-order valence-electron chi connectivity index (χ4n) is 3.25. The van der Waals surface area contributed by atoms with Gasteiger partial charge in [0.15, 0.2) is 11.6 Å². The topological polar surface area (TPSA) is 115 Å². The molecule has 3 aromatic heterocycles. The smallest absolute Gasteiger partial charge is 0.231 e. The van der Waals surface area contributed by atoms with Gasteiger partial charge in [-0.25, -0.2) is 9.67 Å². The maximum atomic E-state index is 12.7. The van der Waals surface area contributed by atoms with Crippen LogP contribution in [0, 0.1) is 5.92 Å². The van der Waals surface area contributed by atoms with Crippen molar-refractivity contribution in [1.29, 1.82) is 0 Å². The molecule has 1 saturated heterocycles. The number of nitrogens with one attached hydrogen (secondary N) is 1. The number of hydrogen-bond donors (Lipinski definition) is 1. The first-order chi connectivity index (χ1) is 13.9. The Hall–Kier alpha value is -3.30. The lowest BCUT2D eigenvalue weighted by atomic mass is 9.92. The highest BCUT2D eigenvalue weighted by Gasteiger charge is 2.28. The minimum atomic E-state index is -0.163. The summed E-state index contributed by atoms with van der Waals surface area (Å²) in [5.41, 5.74) is 0.673. The molecule has 1 aliphatic heterocycles. The zero-order valence-corrected chi connectivity index (χ0v) is 16.7. The van der Waals surface area contributed by atoms with Crippen molar-refractivity contribution in [3.05, 3.63) is 36.5 Å². The molecule has 0 saturated carbocycles. The van der Waals surface area contributed by atoms with Crippen LogP contribution >= 0.6 is 0 Å². The predicted octanol–water partition coefficient (Wildman–Crippen LogP) is 2.20. The Labute approximate surface area is 168 Å². The average molecular weight is 396 g/mol. The molecule has 1 fully saturated rings. The van der Waals surface area contributed by atoms with Crippen LogP contribution in [0.4, 0.5) is 11.7 Å². The summed E-state index contributed by atoms with van der Waals surface area (Å²) in [6.45, 7) is 7.54. The van der Waals surface area contributed by atoms with Crippen molar-refractivity contribution >= 4 is 17.6 Å². The van der Waals surface area contributed by atoms with Crippen molar-refractivity contribution in [2.75, 3.05) is 23.3 Å². The number of amides is 1. The molecule has 10 heteroatoms. The van der Waals surface area contributed by atoms with Crippen LogP contribution in [0.2, 0.25) is 0 Å². The average Bonchev–Trinajstić information content (AvgIpc) is 3.40. The van der Waals surface area contributed by atoms with E-state index >= 15 is 0 Å². The third kappa shape index (κ3) is 4.25. The van der Waals surface area contributed by atoms with Crippen LogP contribution in [0.3, 0.4) is 0 Å². The standard InChI is InChI=1S/C19H24N8O2/c1-19(2,3)14-9-17(29-25-14)22-18(28)13-5-4-8-26(10-13)15-6-7-16(24-23-15)27-12-20-11-21-27/h6-7,9,11-13H,4-5,8,10H2,1-3H3,(H,22,28)/t13-/m0/s1. The second-order valence-corrected chi connectivity index (χ2v) is 8.19. The van der Waals surface area contributed by atoms with E-state index < -0.39 is 0 Å². The Morgan fingerprint density at radius 3 is 2.69 bits per heavy atom. The van der Waals surface area contributed by atoms with Gasteiger partial charge in [0, 0.05) is 24.6 Å². The number of hydrogen-bond acceptors (Lipinski definition) is 8. The molecule has 1 N–H and O–H groups in total. The summed E-state index contributed by atoms with van der Waals surface area (Å²) >= 11 is 0. The Balaban J connectivity index is 1.40. The molecule has 4 rings (SSSR count). The molecule has 3 aromatic rings. The molecular weight excluding hydrogens is 372 g/mol. The van der Waals surface area contributed by atoms with E-state index in [-0.39, 0.29) is 17.2 Å². The maximum Gasteiger partial charge on any atom is 0.231 e. The van der Waals surface area contributed by atoms with Crippen LogP contribution in [0.1, 0.15) is 39.3 Å². The summed E-state index contributed by atoms with van der Waals surface area (Å²) in [6, 6.07) is 5.51. The van der Waals surface area contributed by atoms with Crippen molar-refractivity contribution in [3.8, 4) is 5.82 Å². The molecule has 1 aliphatic rings. The summed E-state index contributed by atoms with van der Waals surface area (Å²) in [6.07, 6.45) is 4.73. The van der Waals surface area contributed by atoms with Gasteiger partial charge >= 0.3 is 0 Å². The summed E-state index contributed by atoms with van der Waals surface area (Å²) in [5, 5.41) is 19.4. The lowest BCUT2D eigenvalue weighted by Crippen LogP contribution is -2.41. The predicted molar refractivity (Wildman–Crippen MR) is 106 cm³/mol. The molecular formula is C19H24N8O2. The van der Waals surface area contributed by atoms with E-state index in [0.29, 0.717) is 18.2 Å². The van der Waals surface area contributed by atoms with Crippen molar-refractivity contribution < 1.29 is 9.32 Å². The molecule has 0 radical (unpaired) electrons. The molecule has 0 aromatic carbocycles. The Morgan fingerprint density at radius 1 is 1.24 bits per heavy atom. The zero-order valence-electron chi connectivity index (χ0n) is 16.7. The van der Waals surface area contributed by atoms with Gasteiger partial charge in [-0.1, -0.05) is 25.9 Å².